The first-order valence-electron chi connectivity index (χ1n) is 8.97. The molecule has 2 aromatic carbocycles. The highest BCUT2D eigenvalue weighted by Gasteiger charge is 2.64. The molecular formula is C21H16ClN3O3. The number of carbonyl (C=O) groups excluding carboxylic acids is 3. The van der Waals surface area contributed by atoms with Gasteiger partial charge in [-0.3, -0.25) is 14.4 Å². The van der Waals surface area contributed by atoms with Gasteiger partial charge < -0.3 is 10.6 Å². The van der Waals surface area contributed by atoms with Crippen molar-refractivity contribution in [3.63, 3.8) is 0 Å². The molecule has 3 amide bonds. The summed E-state index contributed by atoms with van der Waals surface area (Å²) in [5.74, 6) is -2.96. The van der Waals surface area contributed by atoms with Crippen LogP contribution in [0.15, 0.2) is 54.7 Å². The summed E-state index contributed by atoms with van der Waals surface area (Å²) in [5, 5.41) is 0.306. The molecule has 4 atom stereocenters. The number of anilines is 1. The molecule has 6 nitrogen and oxygen atoms in total. The number of rotatable bonds is 2. The number of nitrogens with zero attached hydrogens (tertiary/aromatic N) is 2. The van der Waals surface area contributed by atoms with Crippen LogP contribution in [0.1, 0.15) is 17.2 Å². The summed E-state index contributed by atoms with van der Waals surface area (Å²) in [4.78, 5) is 41.9. The number of hydrogen-bond acceptors (Lipinski definition) is 4. The molecule has 3 aliphatic rings. The predicted molar refractivity (Wildman–Crippen MR) is 104 cm³/mol. The molecule has 0 radical (unpaired) electrons. The summed E-state index contributed by atoms with van der Waals surface area (Å²) in [6.45, 7) is 0. The number of halogens is 1. The van der Waals surface area contributed by atoms with Crippen molar-refractivity contribution in [3.05, 3.63) is 70.9 Å². The molecule has 3 heterocycles. The highest BCUT2D eigenvalue weighted by molar-refractivity contribution is 6.36. The SMILES string of the molecule is NC(=O)C1C2C(=O)N(c3ccccc3Cl)C(=O)C2C2c3ccccc3C=CN12. The van der Waals surface area contributed by atoms with E-state index in [0.29, 0.717) is 10.7 Å². The summed E-state index contributed by atoms with van der Waals surface area (Å²) in [6, 6.07) is 13.1. The van der Waals surface area contributed by atoms with Crippen LogP contribution >= 0.6 is 11.6 Å². The van der Waals surface area contributed by atoms with Crippen LogP contribution in [0.2, 0.25) is 5.02 Å². The summed E-state index contributed by atoms with van der Waals surface area (Å²) in [5.41, 5.74) is 7.89. The molecule has 0 spiro atoms. The van der Waals surface area contributed by atoms with Crippen molar-refractivity contribution in [1.82, 2.24) is 4.90 Å². The third-order valence-electron chi connectivity index (χ3n) is 5.85. The van der Waals surface area contributed by atoms with Gasteiger partial charge in [-0.2, -0.15) is 0 Å². The van der Waals surface area contributed by atoms with E-state index in [2.05, 4.69) is 0 Å². The monoisotopic (exact) mass is 393 g/mol. The van der Waals surface area contributed by atoms with Crippen molar-refractivity contribution < 1.29 is 14.4 Å². The maximum absolute atomic E-state index is 13.4. The van der Waals surface area contributed by atoms with E-state index in [1.165, 1.54) is 0 Å². The molecule has 0 aliphatic carbocycles. The standard InChI is InChI=1S/C21H16ClN3O3/c22-13-7-3-4-8-14(13)25-20(27)15-16(21(25)28)18(19(23)26)24-10-9-11-5-1-2-6-12(11)17(15)24/h1-10,15-18H,(H2,23,26). The molecule has 0 bridgehead atoms. The minimum atomic E-state index is -0.886. The number of fused-ring (bicyclic) bond motifs is 5. The first-order chi connectivity index (χ1) is 13.5. The second-order valence-electron chi connectivity index (χ2n) is 7.20. The zero-order valence-electron chi connectivity index (χ0n) is 14.7. The van der Waals surface area contributed by atoms with E-state index >= 15 is 0 Å². The third kappa shape index (κ3) is 2.12. The van der Waals surface area contributed by atoms with Gasteiger partial charge in [-0.1, -0.05) is 48.0 Å². The molecule has 2 N–H and O–H groups in total. The fraction of sp³-hybridized carbons (Fsp3) is 0.190. The Bertz CT molecular complexity index is 1070. The maximum atomic E-state index is 13.4. The Hall–Kier alpha value is -3.12. The number of carbonyl (C=O) groups is 3. The highest BCUT2D eigenvalue weighted by atomic mass is 35.5. The largest absolute Gasteiger partial charge is 0.368 e. The number of nitrogens with two attached hydrogens (primary N) is 1. The number of hydrogen-bond donors (Lipinski definition) is 1. The second-order valence-corrected chi connectivity index (χ2v) is 7.61. The van der Waals surface area contributed by atoms with Crippen molar-refractivity contribution in [2.75, 3.05) is 4.90 Å². The van der Waals surface area contributed by atoms with E-state index in [-0.39, 0.29) is 5.91 Å². The fourth-order valence-electron chi connectivity index (χ4n) is 4.75. The summed E-state index contributed by atoms with van der Waals surface area (Å²) in [7, 11) is 0. The van der Waals surface area contributed by atoms with Gasteiger partial charge in [-0.25, -0.2) is 4.90 Å². The third-order valence-corrected chi connectivity index (χ3v) is 6.17. The highest BCUT2D eigenvalue weighted by Crippen LogP contribution is 2.53. The number of amides is 3. The molecule has 7 heteroatoms. The van der Waals surface area contributed by atoms with Crippen LogP contribution in [-0.4, -0.2) is 28.7 Å². The van der Waals surface area contributed by atoms with Crippen LogP contribution in [0, 0.1) is 11.8 Å². The Labute approximate surface area is 166 Å². The molecule has 140 valence electrons. The van der Waals surface area contributed by atoms with Gasteiger partial charge in [-0.15, -0.1) is 0 Å². The Balaban J connectivity index is 1.67. The summed E-state index contributed by atoms with van der Waals surface area (Å²) >= 11 is 6.25. The van der Waals surface area contributed by atoms with Crippen LogP contribution in [0.25, 0.3) is 6.08 Å². The van der Waals surface area contributed by atoms with E-state index in [0.717, 1.165) is 16.0 Å². The van der Waals surface area contributed by atoms with Crippen molar-refractivity contribution >= 4 is 41.1 Å². The molecule has 0 aromatic heterocycles. The lowest BCUT2D eigenvalue weighted by Gasteiger charge is -2.34. The van der Waals surface area contributed by atoms with Gasteiger partial charge in [0, 0.05) is 6.20 Å². The summed E-state index contributed by atoms with van der Waals surface area (Å²) in [6.07, 6.45) is 3.64. The van der Waals surface area contributed by atoms with Gasteiger partial charge in [0.1, 0.15) is 6.04 Å². The average molecular weight is 394 g/mol. The number of primary amides is 1. The van der Waals surface area contributed by atoms with Gasteiger partial charge in [0.15, 0.2) is 0 Å². The molecule has 0 saturated carbocycles. The zero-order valence-corrected chi connectivity index (χ0v) is 15.4. The molecule has 2 fully saturated rings. The Kier molecular flexibility index (Phi) is 3.61. The lowest BCUT2D eigenvalue weighted by Crippen LogP contribution is -2.46. The molecular weight excluding hydrogens is 378 g/mol. The first-order valence-corrected chi connectivity index (χ1v) is 9.34. The van der Waals surface area contributed by atoms with E-state index < -0.39 is 35.7 Å². The molecule has 4 unspecified atom stereocenters. The quantitative estimate of drug-likeness (QED) is 0.794. The van der Waals surface area contributed by atoms with Crippen LogP contribution in [0.3, 0.4) is 0 Å². The predicted octanol–water partition coefficient (Wildman–Crippen LogP) is 2.34. The molecule has 2 aromatic rings. The second kappa shape index (κ2) is 5.94. The van der Waals surface area contributed by atoms with Crippen molar-refractivity contribution in [2.24, 2.45) is 17.6 Å². The van der Waals surface area contributed by atoms with Crippen molar-refractivity contribution in [1.29, 1.82) is 0 Å². The lowest BCUT2D eigenvalue weighted by atomic mass is 9.84. The van der Waals surface area contributed by atoms with Gasteiger partial charge in [0.25, 0.3) is 0 Å². The van der Waals surface area contributed by atoms with Gasteiger partial charge in [-0.05, 0) is 29.3 Å². The first kappa shape index (κ1) is 17.0. The Morgan fingerprint density at radius 2 is 1.64 bits per heavy atom. The number of para-hydroxylation sites is 1. The number of imide groups is 1. The van der Waals surface area contributed by atoms with Gasteiger partial charge >= 0.3 is 0 Å². The normalized spacial score (nSPS) is 27.6. The Morgan fingerprint density at radius 1 is 0.964 bits per heavy atom. The zero-order chi connectivity index (χ0) is 19.6. The molecule has 28 heavy (non-hydrogen) atoms. The van der Waals surface area contributed by atoms with Crippen LogP contribution < -0.4 is 10.6 Å². The lowest BCUT2D eigenvalue weighted by molar-refractivity contribution is -0.129. The van der Waals surface area contributed by atoms with Crippen molar-refractivity contribution in [2.45, 2.75) is 12.1 Å². The molecule has 5 rings (SSSR count). The van der Waals surface area contributed by atoms with Gasteiger partial charge in [0.2, 0.25) is 17.7 Å². The fourth-order valence-corrected chi connectivity index (χ4v) is 4.97. The Morgan fingerprint density at radius 3 is 2.39 bits per heavy atom. The smallest absolute Gasteiger partial charge is 0.240 e. The van der Waals surface area contributed by atoms with Crippen molar-refractivity contribution in [3.8, 4) is 0 Å². The minimum absolute atomic E-state index is 0.306. The molecule has 2 saturated heterocycles. The van der Waals surface area contributed by atoms with E-state index in [1.54, 1.807) is 35.4 Å². The van der Waals surface area contributed by atoms with Crippen LogP contribution in [0.5, 0.6) is 0 Å². The van der Waals surface area contributed by atoms with Crippen LogP contribution in [0.4, 0.5) is 5.69 Å². The van der Waals surface area contributed by atoms with E-state index in [1.807, 2.05) is 30.3 Å². The topological polar surface area (TPSA) is 83.7 Å². The van der Waals surface area contributed by atoms with Gasteiger partial charge in [0.05, 0.1) is 28.6 Å². The summed E-state index contributed by atoms with van der Waals surface area (Å²) < 4.78 is 0. The van der Waals surface area contributed by atoms with E-state index in [4.69, 9.17) is 17.3 Å². The molecule has 3 aliphatic heterocycles. The minimum Gasteiger partial charge on any atom is -0.368 e. The average Bonchev–Trinajstić information content (AvgIpc) is 3.16. The van der Waals surface area contributed by atoms with Crippen LogP contribution in [-0.2, 0) is 14.4 Å². The maximum Gasteiger partial charge on any atom is 0.240 e. The van der Waals surface area contributed by atoms with E-state index in [9.17, 15) is 14.4 Å². The number of benzene rings is 2.